The zero-order valence-electron chi connectivity index (χ0n) is 13.9. The van der Waals surface area contributed by atoms with Crippen LogP contribution in [0.15, 0.2) is 99.1 Å². The minimum absolute atomic E-state index is 1.17. The molecule has 0 aromatic heterocycles. The Hall–Kier alpha value is -3.11. The van der Waals surface area contributed by atoms with Crippen molar-refractivity contribution in [2.45, 2.75) is 6.92 Å². The molecular weight excluding hydrogens is 278 g/mol. The Morgan fingerprint density at radius 1 is 0.739 bits per heavy atom. The van der Waals surface area contributed by atoms with Gasteiger partial charge >= 0.3 is 0 Å². The van der Waals surface area contributed by atoms with Crippen molar-refractivity contribution < 1.29 is 0 Å². The Morgan fingerprint density at radius 3 is 1.13 bits per heavy atom. The average molecular weight is 303 g/mol. The summed E-state index contributed by atoms with van der Waals surface area (Å²) in [7, 11) is 0. The summed E-state index contributed by atoms with van der Waals surface area (Å²) >= 11 is 0. The van der Waals surface area contributed by atoms with Crippen molar-refractivity contribution in [3.63, 3.8) is 0 Å². The smallest absolute Gasteiger partial charge is 0.0905 e. The van der Waals surface area contributed by atoms with Gasteiger partial charge in [0, 0.05) is 6.08 Å². The second-order valence-corrected chi connectivity index (χ2v) is 3.97. The molecule has 0 saturated carbocycles. The molecule has 1 heteroatoms. The molecule has 23 heavy (non-hydrogen) atoms. The van der Waals surface area contributed by atoms with Crippen LogP contribution in [0.1, 0.15) is 18.1 Å². The topological polar surface area (TPSA) is 23.8 Å². The van der Waals surface area contributed by atoms with Gasteiger partial charge in [-0.05, 0) is 18.1 Å². The highest BCUT2D eigenvalue weighted by Crippen LogP contribution is 1.98. The highest BCUT2D eigenvalue weighted by Gasteiger charge is 1.76. The predicted molar refractivity (Wildman–Crippen MR) is 105 cm³/mol. The van der Waals surface area contributed by atoms with Crippen LogP contribution in [0.4, 0.5) is 0 Å². The fourth-order valence-electron chi connectivity index (χ4n) is 1.18. The molecule has 0 aliphatic carbocycles. The van der Waals surface area contributed by atoms with Gasteiger partial charge in [0.15, 0.2) is 0 Å². The predicted octanol–water partition coefficient (Wildman–Crippen LogP) is 6.55. The van der Waals surface area contributed by atoms with Crippen molar-refractivity contribution in [3.05, 3.63) is 110 Å². The van der Waals surface area contributed by atoms with Crippen LogP contribution in [0.3, 0.4) is 0 Å². The lowest BCUT2D eigenvalue weighted by atomic mass is 10.2. The molecule has 0 unspecified atom stereocenters. The first-order valence-electron chi connectivity index (χ1n) is 7.12. The van der Waals surface area contributed by atoms with E-state index in [2.05, 4.69) is 26.3 Å². The fourth-order valence-corrected chi connectivity index (χ4v) is 1.18. The molecular formula is C22H25N. The zero-order valence-corrected chi connectivity index (χ0v) is 13.9. The van der Waals surface area contributed by atoms with E-state index in [-0.39, 0.29) is 0 Å². The minimum atomic E-state index is 1.17. The molecule has 0 aliphatic rings. The van der Waals surface area contributed by atoms with Crippen LogP contribution in [-0.2, 0) is 0 Å². The van der Waals surface area contributed by atoms with Gasteiger partial charge in [0.05, 0.1) is 6.07 Å². The van der Waals surface area contributed by atoms with Gasteiger partial charge in [-0.3, -0.25) is 0 Å². The van der Waals surface area contributed by atoms with E-state index in [1.807, 2.05) is 79.7 Å². The third kappa shape index (κ3) is 16.8. The van der Waals surface area contributed by atoms with Gasteiger partial charge in [-0.1, -0.05) is 98.6 Å². The number of hydrogen-bond acceptors (Lipinski definition) is 1. The molecule has 0 spiro atoms. The quantitative estimate of drug-likeness (QED) is 0.456. The van der Waals surface area contributed by atoms with Gasteiger partial charge in [-0.2, -0.15) is 5.26 Å². The average Bonchev–Trinajstić information content (AvgIpc) is 2.64. The summed E-state index contributed by atoms with van der Waals surface area (Å²) in [6.07, 6.45) is 6.60. The summed E-state index contributed by atoms with van der Waals surface area (Å²) in [5.41, 5.74) is 2.35. The highest BCUT2D eigenvalue weighted by atomic mass is 14.2. The number of nitriles is 1. The molecule has 2 aromatic carbocycles. The summed E-state index contributed by atoms with van der Waals surface area (Å²) < 4.78 is 0. The monoisotopic (exact) mass is 303 g/mol. The standard InChI is InChI=1S/2C8H8.C3H3N.C3H6/c2*1-2-8-6-4-3-5-7-8;1-2-3-4;1-3-2/h2*2-7H,1H2;2H,1H2;3H,1H2,2H3. The number of hydrogen-bond donors (Lipinski definition) is 0. The van der Waals surface area contributed by atoms with E-state index in [9.17, 15) is 0 Å². The summed E-state index contributed by atoms with van der Waals surface area (Å²) in [6, 6.07) is 21.8. The summed E-state index contributed by atoms with van der Waals surface area (Å²) in [5.74, 6) is 0. The lowest BCUT2D eigenvalue weighted by Gasteiger charge is -1.85. The molecule has 1 nitrogen and oxygen atoms in total. The number of benzene rings is 2. The van der Waals surface area contributed by atoms with Gasteiger partial charge in [0.2, 0.25) is 0 Å². The highest BCUT2D eigenvalue weighted by molar-refractivity contribution is 5.46. The normalized spacial score (nSPS) is 7.13. The lowest BCUT2D eigenvalue weighted by Crippen LogP contribution is -1.63. The van der Waals surface area contributed by atoms with Crippen LogP contribution < -0.4 is 0 Å². The van der Waals surface area contributed by atoms with Crippen molar-refractivity contribution in [2.75, 3.05) is 0 Å². The van der Waals surface area contributed by atoms with E-state index in [0.29, 0.717) is 0 Å². The minimum Gasteiger partial charge on any atom is -0.193 e. The number of rotatable bonds is 2. The zero-order chi connectivity index (χ0) is 17.8. The van der Waals surface area contributed by atoms with Crippen molar-refractivity contribution in [3.8, 4) is 6.07 Å². The number of nitrogens with zero attached hydrogens (tertiary/aromatic N) is 1. The summed E-state index contributed by atoms with van der Waals surface area (Å²) in [4.78, 5) is 0. The molecule has 0 N–H and O–H groups in total. The maximum absolute atomic E-state index is 7.51. The molecule has 0 radical (unpaired) electrons. The molecule has 118 valence electrons. The van der Waals surface area contributed by atoms with Crippen LogP contribution in [0, 0.1) is 11.3 Å². The molecule has 0 amide bonds. The van der Waals surface area contributed by atoms with E-state index in [1.165, 1.54) is 17.2 Å². The molecule has 0 saturated heterocycles. The van der Waals surface area contributed by atoms with Crippen LogP contribution in [-0.4, -0.2) is 0 Å². The molecule has 2 aromatic rings. The van der Waals surface area contributed by atoms with Crippen LogP contribution in [0.25, 0.3) is 12.2 Å². The Morgan fingerprint density at radius 2 is 1.00 bits per heavy atom. The van der Waals surface area contributed by atoms with E-state index >= 15 is 0 Å². The largest absolute Gasteiger partial charge is 0.193 e. The molecule has 2 rings (SSSR count). The third-order valence-electron chi connectivity index (χ3n) is 2.16. The van der Waals surface area contributed by atoms with Gasteiger partial charge in [0.25, 0.3) is 0 Å². The van der Waals surface area contributed by atoms with E-state index < -0.39 is 0 Å². The van der Waals surface area contributed by atoms with Crippen LogP contribution in [0.2, 0.25) is 0 Å². The van der Waals surface area contributed by atoms with Crippen molar-refractivity contribution >= 4 is 12.2 Å². The van der Waals surface area contributed by atoms with Gasteiger partial charge in [-0.15, -0.1) is 6.58 Å². The Labute approximate surface area is 141 Å². The second kappa shape index (κ2) is 18.9. The first-order valence-corrected chi connectivity index (χ1v) is 7.12. The molecule has 0 fully saturated rings. The van der Waals surface area contributed by atoms with E-state index in [1.54, 1.807) is 12.1 Å². The Balaban J connectivity index is 0. The first kappa shape index (κ1) is 22.2. The van der Waals surface area contributed by atoms with Crippen LogP contribution in [0.5, 0.6) is 0 Å². The van der Waals surface area contributed by atoms with Crippen molar-refractivity contribution in [1.29, 1.82) is 5.26 Å². The molecule has 0 bridgehead atoms. The fraction of sp³-hybridized carbons (Fsp3) is 0.0455. The molecule has 0 atom stereocenters. The first-order chi connectivity index (χ1) is 11.2. The van der Waals surface area contributed by atoms with E-state index in [4.69, 9.17) is 5.26 Å². The van der Waals surface area contributed by atoms with Gasteiger partial charge < -0.3 is 0 Å². The Bertz CT molecular complexity index is 531. The number of allylic oxidation sites excluding steroid dienone is 2. The summed E-state index contributed by atoms with van der Waals surface area (Å²) in [6.45, 7) is 15.6. The lowest BCUT2D eigenvalue weighted by molar-refractivity contribution is 1.54. The maximum atomic E-state index is 7.51. The van der Waals surface area contributed by atoms with E-state index in [0.717, 1.165) is 0 Å². The maximum Gasteiger partial charge on any atom is 0.0905 e. The summed E-state index contributed by atoms with van der Waals surface area (Å²) in [5, 5.41) is 7.51. The molecule has 0 heterocycles. The van der Waals surface area contributed by atoms with Gasteiger partial charge in [-0.25, -0.2) is 0 Å². The van der Waals surface area contributed by atoms with Crippen molar-refractivity contribution in [1.82, 2.24) is 0 Å². The second-order valence-electron chi connectivity index (χ2n) is 3.97. The SMILES string of the molecule is C=CC.C=CC#N.C=Cc1ccccc1.C=Cc1ccccc1. The van der Waals surface area contributed by atoms with Gasteiger partial charge in [0.1, 0.15) is 0 Å². The third-order valence-corrected chi connectivity index (χ3v) is 2.16. The van der Waals surface area contributed by atoms with Crippen molar-refractivity contribution in [2.24, 2.45) is 0 Å². The van der Waals surface area contributed by atoms with Crippen LogP contribution >= 0.6 is 0 Å². The Kier molecular flexibility index (Phi) is 18.2. The molecule has 0 aliphatic heterocycles.